The third-order valence-electron chi connectivity index (χ3n) is 7.02. The van der Waals surface area contributed by atoms with Gasteiger partial charge in [0.25, 0.3) is 0 Å². The Morgan fingerprint density at radius 1 is 1.31 bits per heavy atom. The second-order valence-corrected chi connectivity index (χ2v) is 9.63. The average molecular weight is 535 g/mol. The number of rotatable bonds is 9. The number of nitrogens with zero attached hydrogens (tertiary/aromatic N) is 3. The van der Waals surface area contributed by atoms with Gasteiger partial charge in [-0.25, -0.2) is 14.8 Å². The maximum atomic E-state index is 12.8. The van der Waals surface area contributed by atoms with E-state index in [0.717, 1.165) is 48.4 Å². The van der Waals surface area contributed by atoms with Crippen LogP contribution in [0.1, 0.15) is 52.6 Å². The zero-order valence-electron chi connectivity index (χ0n) is 21.9. The van der Waals surface area contributed by atoms with Gasteiger partial charge in [0, 0.05) is 48.9 Å². The van der Waals surface area contributed by atoms with Gasteiger partial charge in [-0.05, 0) is 73.0 Å². The van der Waals surface area contributed by atoms with Crippen molar-refractivity contribution in [2.24, 2.45) is 4.99 Å². The molecule has 0 amide bonds. The molecule has 2 aliphatic heterocycles. The first kappa shape index (κ1) is 26.6. The molecule has 1 saturated heterocycles. The summed E-state index contributed by atoms with van der Waals surface area (Å²) >= 11 is 0. The van der Waals surface area contributed by atoms with Crippen LogP contribution < -0.4 is 5.32 Å². The minimum Gasteiger partial charge on any atom is -0.504 e. The molecule has 39 heavy (non-hydrogen) atoms. The van der Waals surface area contributed by atoms with Crippen LogP contribution in [0.4, 0.5) is 21.9 Å². The molecule has 0 bridgehead atoms. The van der Waals surface area contributed by atoms with E-state index >= 15 is 0 Å². The molecule has 0 atom stereocenters. The number of aromatic nitrogens is 1. The number of carbonyl (C=O) groups is 1. The zero-order valence-corrected chi connectivity index (χ0v) is 21.9. The van der Waals surface area contributed by atoms with E-state index in [1.165, 1.54) is 0 Å². The van der Waals surface area contributed by atoms with E-state index in [1.54, 1.807) is 31.5 Å². The predicted octanol–water partition coefficient (Wildman–Crippen LogP) is 5.77. The number of allylic oxidation sites excluding steroid dienone is 1. The highest BCUT2D eigenvalue weighted by molar-refractivity contribution is 6.21. The topological polar surface area (TPSA) is 109 Å². The van der Waals surface area contributed by atoms with E-state index in [1.807, 2.05) is 25.1 Å². The predicted molar refractivity (Wildman–Crippen MR) is 146 cm³/mol. The number of aromatic hydroxyl groups is 1. The standard InChI is InChI=1S/C29H31FN4O5/c1-3-37-29(36)25-26(35)24(16-20-17-32-27-22(20)5-4-11-31-27)38-28(25)33-23-7-6-19(15-18(23)2)8-12-34-13-9-21(39-30)10-14-34/h4-7,11,15-17,21,33,35H,3,8-10,12-14H2,1-2H3. The first-order valence-corrected chi connectivity index (χ1v) is 13.1. The second-order valence-electron chi connectivity index (χ2n) is 9.63. The molecular formula is C29H31FN4O5. The number of anilines is 2. The van der Waals surface area contributed by atoms with Crippen molar-refractivity contribution in [2.45, 2.75) is 39.2 Å². The third kappa shape index (κ3) is 5.86. The van der Waals surface area contributed by atoms with Crippen LogP contribution in [0, 0.1) is 6.92 Å². The van der Waals surface area contributed by atoms with Crippen LogP contribution in [-0.4, -0.2) is 59.5 Å². The van der Waals surface area contributed by atoms with Crippen molar-refractivity contribution in [1.82, 2.24) is 9.88 Å². The van der Waals surface area contributed by atoms with E-state index < -0.39 is 5.97 Å². The van der Waals surface area contributed by atoms with Crippen molar-refractivity contribution in [2.75, 3.05) is 31.6 Å². The number of carbonyl (C=O) groups excluding carboxylic acids is 1. The maximum Gasteiger partial charge on any atom is 0.347 e. The lowest BCUT2D eigenvalue weighted by Crippen LogP contribution is -2.37. The fourth-order valence-electron chi connectivity index (χ4n) is 4.85. The molecule has 2 aromatic heterocycles. The normalized spacial score (nSPS) is 16.5. The highest BCUT2D eigenvalue weighted by atomic mass is 19.3. The van der Waals surface area contributed by atoms with Crippen molar-refractivity contribution in [3.8, 4) is 5.75 Å². The summed E-state index contributed by atoms with van der Waals surface area (Å²) in [4.78, 5) is 27.6. The monoisotopic (exact) mass is 534 g/mol. The molecule has 0 radical (unpaired) electrons. The van der Waals surface area contributed by atoms with Crippen molar-refractivity contribution in [3.05, 3.63) is 64.5 Å². The summed E-state index contributed by atoms with van der Waals surface area (Å²) < 4.78 is 23.5. The van der Waals surface area contributed by atoms with Crippen LogP contribution in [0.3, 0.4) is 0 Å². The SMILES string of the molecule is CCOC(=O)c1c(Nc2ccc(CCN3CCC(OF)CC3)cc2C)oc(C=C2C=Nc3ncccc32)c1O. The lowest BCUT2D eigenvalue weighted by atomic mass is 10.0. The molecule has 0 spiro atoms. The van der Waals surface area contributed by atoms with Crippen molar-refractivity contribution in [3.63, 3.8) is 0 Å². The summed E-state index contributed by atoms with van der Waals surface area (Å²) in [7, 11) is 0. The number of pyridine rings is 1. The fraction of sp³-hybridized carbons (Fsp3) is 0.345. The summed E-state index contributed by atoms with van der Waals surface area (Å²) in [5.74, 6) is -0.231. The van der Waals surface area contributed by atoms with Crippen LogP contribution in [0.2, 0.25) is 0 Å². The number of benzene rings is 1. The zero-order chi connectivity index (χ0) is 27.4. The fourth-order valence-corrected chi connectivity index (χ4v) is 4.85. The summed E-state index contributed by atoms with van der Waals surface area (Å²) in [6.07, 6.45) is 6.88. The Labute approximate surface area is 225 Å². The van der Waals surface area contributed by atoms with Crippen molar-refractivity contribution in [1.29, 1.82) is 0 Å². The largest absolute Gasteiger partial charge is 0.504 e. The number of hydrogen-bond donors (Lipinski definition) is 2. The first-order chi connectivity index (χ1) is 19.0. The Hall–Kier alpha value is -4.02. The quantitative estimate of drug-likeness (QED) is 0.333. The average Bonchev–Trinajstić information content (AvgIpc) is 3.49. The van der Waals surface area contributed by atoms with Crippen LogP contribution in [0.25, 0.3) is 11.6 Å². The van der Waals surface area contributed by atoms with E-state index in [-0.39, 0.29) is 35.7 Å². The molecule has 10 heteroatoms. The van der Waals surface area contributed by atoms with Gasteiger partial charge >= 0.3 is 5.97 Å². The minimum atomic E-state index is -0.690. The Morgan fingerprint density at radius 2 is 2.13 bits per heavy atom. The molecule has 4 heterocycles. The van der Waals surface area contributed by atoms with Crippen molar-refractivity contribution < 1.29 is 28.5 Å². The Kier molecular flexibility index (Phi) is 8.04. The molecule has 3 aromatic rings. The lowest BCUT2D eigenvalue weighted by molar-refractivity contribution is -0.190. The molecule has 0 unspecified atom stereocenters. The molecule has 2 N–H and O–H groups in total. The van der Waals surface area contributed by atoms with Gasteiger partial charge in [-0.2, -0.15) is 4.94 Å². The van der Waals surface area contributed by atoms with Gasteiger partial charge in [0.15, 0.2) is 22.9 Å². The number of aryl methyl sites for hydroxylation is 1. The Bertz CT molecular complexity index is 1410. The molecule has 204 valence electrons. The number of ether oxygens (including phenoxy) is 1. The summed E-state index contributed by atoms with van der Waals surface area (Å²) in [5, 5.41) is 14.1. The van der Waals surface area contributed by atoms with E-state index in [2.05, 4.69) is 31.2 Å². The summed E-state index contributed by atoms with van der Waals surface area (Å²) in [5.41, 5.74) is 4.26. The van der Waals surface area contributed by atoms with Gasteiger partial charge in [-0.3, -0.25) is 0 Å². The Morgan fingerprint density at radius 3 is 2.87 bits per heavy atom. The third-order valence-corrected chi connectivity index (χ3v) is 7.02. The molecule has 1 aromatic carbocycles. The second kappa shape index (κ2) is 11.8. The van der Waals surface area contributed by atoms with Gasteiger partial charge in [0.05, 0.1) is 6.61 Å². The number of fused-ring (bicyclic) bond motifs is 1. The molecule has 1 fully saturated rings. The number of likely N-dealkylation sites (tertiary alicyclic amines) is 1. The minimum absolute atomic E-state index is 0.0748. The lowest BCUT2D eigenvalue weighted by Gasteiger charge is -2.29. The van der Waals surface area contributed by atoms with E-state index in [0.29, 0.717) is 24.2 Å². The number of esters is 1. The highest BCUT2D eigenvalue weighted by Crippen LogP contribution is 2.39. The van der Waals surface area contributed by atoms with Gasteiger partial charge in [-0.1, -0.05) is 12.1 Å². The van der Waals surface area contributed by atoms with Gasteiger partial charge in [0.1, 0.15) is 6.10 Å². The van der Waals surface area contributed by atoms with Gasteiger partial charge in [0.2, 0.25) is 5.88 Å². The molecule has 0 saturated carbocycles. The van der Waals surface area contributed by atoms with Crippen LogP contribution in [0.15, 0.2) is 45.9 Å². The molecule has 5 rings (SSSR count). The Balaban J connectivity index is 1.35. The van der Waals surface area contributed by atoms with Crippen LogP contribution >= 0.6 is 0 Å². The molecule has 0 aliphatic carbocycles. The van der Waals surface area contributed by atoms with E-state index in [9.17, 15) is 14.4 Å². The number of piperidine rings is 1. The van der Waals surface area contributed by atoms with Gasteiger partial charge in [-0.15, -0.1) is 0 Å². The first-order valence-electron chi connectivity index (χ1n) is 13.1. The number of nitrogens with one attached hydrogen (secondary N) is 1. The molecular weight excluding hydrogens is 503 g/mol. The number of aliphatic imine (C=N–C) groups is 1. The van der Waals surface area contributed by atoms with Crippen molar-refractivity contribution >= 4 is 41.2 Å². The van der Waals surface area contributed by atoms with Crippen LogP contribution in [-0.2, 0) is 16.1 Å². The molecule has 9 nitrogen and oxygen atoms in total. The van der Waals surface area contributed by atoms with E-state index in [4.69, 9.17) is 9.15 Å². The molecule has 2 aliphatic rings. The van der Waals surface area contributed by atoms with Gasteiger partial charge < -0.3 is 24.5 Å². The smallest absolute Gasteiger partial charge is 0.347 e. The maximum absolute atomic E-state index is 12.8. The number of hydrogen-bond acceptors (Lipinski definition) is 9. The summed E-state index contributed by atoms with van der Waals surface area (Å²) in [6.45, 7) is 6.33. The number of furan rings is 1. The number of halogens is 1. The highest BCUT2D eigenvalue weighted by Gasteiger charge is 2.28. The van der Waals surface area contributed by atoms with Crippen LogP contribution in [0.5, 0.6) is 5.75 Å². The summed E-state index contributed by atoms with van der Waals surface area (Å²) in [6, 6.07) is 9.69.